The van der Waals surface area contributed by atoms with E-state index in [1.807, 2.05) is 0 Å². The maximum atomic E-state index is 14.4. The average Bonchev–Trinajstić information content (AvgIpc) is 3.27. The van der Waals surface area contributed by atoms with Gasteiger partial charge in [0.2, 0.25) is 0 Å². The summed E-state index contributed by atoms with van der Waals surface area (Å²) in [5, 5.41) is 22.9. The molecular formula is C16H18FN3O3. The fourth-order valence-electron chi connectivity index (χ4n) is 2.63. The van der Waals surface area contributed by atoms with Crippen LogP contribution < -0.4 is 0 Å². The van der Waals surface area contributed by atoms with Crippen molar-refractivity contribution >= 4 is 6.09 Å². The first-order valence-electron chi connectivity index (χ1n) is 7.44. The van der Waals surface area contributed by atoms with Crippen LogP contribution in [0, 0.1) is 12.7 Å². The summed E-state index contributed by atoms with van der Waals surface area (Å²) in [5.74, 6) is -0.476. The van der Waals surface area contributed by atoms with Gasteiger partial charge in [-0.3, -0.25) is 0 Å². The molecule has 0 radical (unpaired) electrons. The number of rotatable bonds is 5. The van der Waals surface area contributed by atoms with Gasteiger partial charge < -0.3 is 15.1 Å². The third-order valence-corrected chi connectivity index (χ3v) is 4.04. The highest BCUT2D eigenvalue weighted by Gasteiger charge is 2.33. The van der Waals surface area contributed by atoms with Crippen LogP contribution in [0.1, 0.15) is 29.7 Å². The van der Waals surface area contributed by atoms with E-state index in [2.05, 4.69) is 5.10 Å². The molecule has 7 heteroatoms. The van der Waals surface area contributed by atoms with Gasteiger partial charge in [-0.25, -0.2) is 13.9 Å². The smallest absolute Gasteiger partial charge is 0.407 e. The van der Waals surface area contributed by atoms with Crippen molar-refractivity contribution in [1.29, 1.82) is 0 Å². The van der Waals surface area contributed by atoms with E-state index in [9.17, 15) is 19.4 Å². The number of amides is 1. The van der Waals surface area contributed by atoms with Gasteiger partial charge in [0.15, 0.2) is 0 Å². The average molecular weight is 319 g/mol. The zero-order valence-corrected chi connectivity index (χ0v) is 12.7. The zero-order chi connectivity index (χ0) is 16.6. The van der Waals surface area contributed by atoms with E-state index >= 15 is 0 Å². The topological polar surface area (TPSA) is 78.6 Å². The van der Waals surface area contributed by atoms with Crippen LogP contribution in [-0.2, 0) is 13.2 Å². The van der Waals surface area contributed by atoms with Gasteiger partial charge in [-0.2, -0.15) is 5.10 Å². The molecule has 0 atom stereocenters. The van der Waals surface area contributed by atoms with E-state index in [4.69, 9.17) is 0 Å². The summed E-state index contributed by atoms with van der Waals surface area (Å²) in [6.45, 7) is 1.66. The molecule has 1 heterocycles. The molecule has 2 aromatic rings. The number of hydrogen-bond donors (Lipinski definition) is 2. The number of aliphatic hydroxyl groups excluding tert-OH is 1. The molecule has 1 aromatic carbocycles. The van der Waals surface area contributed by atoms with Crippen LogP contribution in [-0.4, -0.2) is 37.0 Å². The molecule has 1 aliphatic carbocycles. The van der Waals surface area contributed by atoms with E-state index in [1.165, 1.54) is 15.6 Å². The molecule has 0 saturated heterocycles. The maximum absolute atomic E-state index is 14.4. The molecular weight excluding hydrogens is 301 g/mol. The molecule has 1 fully saturated rings. The molecule has 6 nitrogen and oxygen atoms in total. The Morgan fingerprint density at radius 2 is 2.17 bits per heavy atom. The largest absolute Gasteiger partial charge is 0.465 e. The van der Waals surface area contributed by atoms with Crippen LogP contribution in [0.5, 0.6) is 0 Å². The Hall–Kier alpha value is -2.41. The van der Waals surface area contributed by atoms with Crippen LogP contribution in [0.4, 0.5) is 9.18 Å². The minimum atomic E-state index is -1.00. The lowest BCUT2D eigenvalue weighted by molar-refractivity contribution is 0.139. The molecule has 23 heavy (non-hydrogen) atoms. The van der Waals surface area contributed by atoms with Crippen LogP contribution in [0.2, 0.25) is 0 Å². The summed E-state index contributed by atoms with van der Waals surface area (Å²) >= 11 is 0. The maximum Gasteiger partial charge on any atom is 0.407 e. The number of para-hydroxylation sites is 1. The van der Waals surface area contributed by atoms with Crippen LogP contribution >= 0.6 is 0 Å². The Balaban J connectivity index is 2.00. The van der Waals surface area contributed by atoms with Crippen molar-refractivity contribution in [3.63, 3.8) is 0 Å². The van der Waals surface area contributed by atoms with Gasteiger partial charge in [-0.15, -0.1) is 0 Å². The molecule has 3 rings (SSSR count). The van der Waals surface area contributed by atoms with Crippen LogP contribution in [0.15, 0.2) is 24.4 Å². The lowest BCUT2D eigenvalue weighted by atomic mass is 10.1. The standard InChI is InChI=1S/C16H18FN3O3/c1-10-12(9-21)8-20(18-10)15-11(3-2-4-14(15)17)7-19(16(22)23)13-5-6-13/h2-4,8,13,21H,5-7,9H2,1H3,(H,22,23). The Kier molecular flexibility index (Phi) is 4.04. The number of aliphatic hydroxyl groups is 1. The van der Waals surface area contributed by atoms with Crippen molar-refractivity contribution in [2.45, 2.75) is 39.0 Å². The summed E-state index contributed by atoms with van der Waals surface area (Å²) in [6, 6.07) is 4.59. The summed E-state index contributed by atoms with van der Waals surface area (Å²) in [4.78, 5) is 12.7. The summed E-state index contributed by atoms with van der Waals surface area (Å²) in [7, 11) is 0. The van der Waals surface area contributed by atoms with Crippen LogP contribution in [0.25, 0.3) is 5.69 Å². The number of aryl methyl sites for hydroxylation is 1. The van der Waals surface area contributed by atoms with E-state index in [0.717, 1.165) is 12.8 Å². The highest BCUT2D eigenvalue weighted by atomic mass is 19.1. The van der Waals surface area contributed by atoms with Crippen molar-refractivity contribution in [2.75, 3.05) is 0 Å². The van der Waals surface area contributed by atoms with Crippen molar-refractivity contribution in [3.05, 3.63) is 47.0 Å². The number of halogens is 1. The summed E-state index contributed by atoms with van der Waals surface area (Å²) in [5.41, 5.74) is 1.99. The number of nitrogens with zero attached hydrogens (tertiary/aromatic N) is 3. The SMILES string of the molecule is Cc1nn(-c2c(F)cccc2CN(C(=O)O)C2CC2)cc1CO. The van der Waals surface area contributed by atoms with Gasteiger partial charge in [-0.1, -0.05) is 12.1 Å². The van der Waals surface area contributed by atoms with Gasteiger partial charge in [0.05, 0.1) is 18.8 Å². The minimum absolute atomic E-state index is 0.0102. The second kappa shape index (κ2) is 6.00. The number of benzene rings is 1. The lowest BCUT2D eigenvalue weighted by Crippen LogP contribution is -2.31. The molecule has 0 unspecified atom stereocenters. The first-order valence-corrected chi connectivity index (χ1v) is 7.44. The van der Waals surface area contributed by atoms with Crippen molar-refractivity contribution in [2.24, 2.45) is 0 Å². The molecule has 1 amide bonds. The Morgan fingerprint density at radius 1 is 1.43 bits per heavy atom. The predicted octanol–water partition coefficient (Wildman–Crippen LogP) is 2.45. The second-order valence-electron chi connectivity index (χ2n) is 5.73. The predicted molar refractivity (Wildman–Crippen MR) is 80.8 cm³/mol. The van der Waals surface area contributed by atoms with E-state index < -0.39 is 11.9 Å². The van der Waals surface area contributed by atoms with Gasteiger partial charge in [0.25, 0.3) is 0 Å². The normalized spacial score (nSPS) is 14.0. The van der Waals surface area contributed by atoms with E-state index in [1.54, 1.807) is 25.3 Å². The molecule has 1 aliphatic rings. The van der Waals surface area contributed by atoms with Crippen molar-refractivity contribution < 1.29 is 19.4 Å². The third kappa shape index (κ3) is 3.05. The molecule has 0 spiro atoms. The molecule has 1 saturated carbocycles. The van der Waals surface area contributed by atoms with E-state index in [0.29, 0.717) is 16.8 Å². The molecule has 0 bridgehead atoms. The zero-order valence-electron chi connectivity index (χ0n) is 12.7. The fraction of sp³-hybridized carbons (Fsp3) is 0.375. The van der Waals surface area contributed by atoms with E-state index in [-0.39, 0.29) is 24.9 Å². The molecule has 0 aliphatic heterocycles. The minimum Gasteiger partial charge on any atom is -0.465 e. The Labute approximate surface area is 132 Å². The third-order valence-electron chi connectivity index (χ3n) is 4.04. The number of hydrogen-bond acceptors (Lipinski definition) is 3. The fourth-order valence-corrected chi connectivity index (χ4v) is 2.63. The van der Waals surface area contributed by atoms with Gasteiger partial charge in [0, 0.05) is 23.4 Å². The van der Waals surface area contributed by atoms with Crippen molar-refractivity contribution in [1.82, 2.24) is 14.7 Å². The van der Waals surface area contributed by atoms with Gasteiger partial charge >= 0.3 is 6.09 Å². The van der Waals surface area contributed by atoms with Crippen molar-refractivity contribution in [3.8, 4) is 5.69 Å². The highest BCUT2D eigenvalue weighted by molar-refractivity contribution is 5.66. The molecule has 2 N–H and O–H groups in total. The molecule has 1 aromatic heterocycles. The lowest BCUT2D eigenvalue weighted by Gasteiger charge is -2.20. The number of carbonyl (C=O) groups is 1. The quantitative estimate of drug-likeness (QED) is 0.887. The summed E-state index contributed by atoms with van der Waals surface area (Å²) in [6.07, 6.45) is 2.24. The monoisotopic (exact) mass is 319 g/mol. The van der Waals surface area contributed by atoms with Crippen LogP contribution in [0.3, 0.4) is 0 Å². The molecule has 122 valence electrons. The second-order valence-corrected chi connectivity index (χ2v) is 5.73. The summed E-state index contributed by atoms with van der Waals surface area (Å²) < 4.78 is 15.7. The Bertz CT molecular complexity index is 740. The first kappa shape index (κ1) is 15.5. The first-order chi connectivity index (χ1) is 11.0. The van der Waals surface area contributed by atoms with Gasteiger partial charge in [-0.05, 0) is 25.8 Å². The highest BCUT2D eigenvalue weighted by Crippen LogP contribution is 2.30. The number of aromatic nitrogens is 2. The Morgan fingerprint density at radius 3 is 2.74 bits per heavy atom. The number of carboxylic acid groups (broad SMARTS) is 1. The van der Waals surface area contributed by atoms with Gasteiger partial charge in [0.1, 0.15) is 11.5 Å².